The first-order valence-corrected chi connectivity index (χ1v) is 14.2. The second-order valence-electron chi connectivity index (χ2n) is 11.5. The van der Waals surface area contributed by atoms with E-state index in [4.69, 9.17) is 14.5 Å². The summed E-state index contributed by atoms with van der Waals surface area (Å²) < 4.78 is 37.6. The molecule has 2 atom stereocenters. The molecule has 4 fully saturated rings. The predicted molar refractivity (Wildman–Crippen MR) is 143 cm³/mol. The molecule has 4 heterocycles. The van der Waals surface area contributed by atoms with E-state index < -0.39 is 12.6 Å². The van der Waals surface area contributed by atoms with E-state index in [1.54, 1.807) is 24.3 Å². The highest BCUT2D eigenvalue weighted by Crippen LogP contribution is 2.46. The molecule has 10 heteroatoms. The lowest BCUT2D eigenvalue weighted by molar-refractivity contribution is -0.0494. The first kappa shape index (κ1) is 25.4. The molecule has 4 aliphatic rings. The molecule has 2 aliphatic heterocycles. The molecule has 40 heavy (non-hydrogen) atoms. The fourth-order valence-electron chi connectivity index (χ4n) is 6.55. The number of hydrogen-bond donors (Lipinski definition) is 2. The van der Waals surface area contributed by atoms with E-state index in [-0.39, 0.29) is 29.6 Å². The highest BCUT2D eigenvalue weighted by molar-refractivity contribution is 5.85. The van der Waals surface area contributed by atoms with E-state index in [9.17, 15) is 18.7 Å². The third-order valence-corrected chi connectivity index (χ3v) is 8.73. The number of nitrogens with one attached hydrogen (secondary N) is 1. The van der Waals surface area contributed by atoms with Crippen LogP contribution in [0, 0.1) is 0 Å². The van der Waals surface area contributed by atoms with Crippen LogP contribution in [0.15, 0.2) is 36.5 Å². The maximum Gasteiger partial charge on any atom is 0.387 e. The Kier molecular flexibility index (Phi) is 6.45. The lowest BCUT2D eigenvalue weighted by Crippen LogP contribution is -2.46. The molecule has 2 N–H and O–H groups in total. The standard InChI is InChI=1S/C30H32F2N4O4/c31-29(32)40-26-4-2-1-3-21(26)22-14-33-27(17-7-8-17)23(22)15-39-20-11-18-9-10-19(12-20)36(18)30-34-24(16-5-6-16)13-25(35-30)28(37)38/h1-4,13-14,16-20,29,33H,5-12,15H2,(H,37,38). The third kappa shape index (κ3) is 4.93. The molecule has 1 aromatic carbocycles. The minimum absolute atomic E-state index is 0.0293. The molecule has 2 aliphatic carbocycles. The van der Waals surface area contributed by atoms with Crippen LogP contribution in [-0.4, -0.2) is 50.8 Å². The van der Waals surface area contributed by atoms with Crippen LogP contribution < -0.4 is 9.64 Å². The SMILES string of the molecule is O=C(O)c1cc(C2CC2)nc(N2C3CCC2CC(OCc2c(-c4ccccc4OC(F)F)c[nH]c2C2CC2)C3)n1. The van der Waals surface area contributed by atoms with Crippen LogP contribution >= 0.6 is 0 Å². The van der Waals surface area contributed by atoms with Gasteiger partial charge in [-0.3, -0.25) is 0 Å². The van der Waals surface area contributed by atoms with E-state index in [1.807, 2.05) is 12.3 Å². The molecule has 2 unspecified atom stereocenters. The smallest absolute Gasteiger partial charge is 0.387 e. The number of fused-ring (bicyclic) bond motifs is 2. The van der Waals surface area contributed by atoms with Gasteiger partial charge in [-0.05, 0) is 69.4 Å². The van der Waals surface area contributed by atoms with Crippen LogP contribution in [0.5, 0.6) is 5.75 Å². The maximum atomic E-state index is 13.1. The Hall–Kier alpha value is -3.53. The number of aromatic nitrogens is 3. The van der Waals surface area contributed by atoms with Gasteiger partial charge in [0.1, 0.15) is 5.75 Å². The Morgan fingerprint density at radius 1 is 1.02 bits per heavy atom. The summed E-state index contributed by atoms with van der Waals surface area (Å²) in [6, 6.07) is 8.89. The Morgan fingerprint density at radius 3 is 2.42 bits per heavy atom. The number of nitrogens with zero attached hydrogens (tertiary/aromatic N) is 3. The number of carboxylic acids is 1. The average Bonchev–Trinajstić information content (AvgIpc) is 3.87. The van der Waals surface area contributed by atoms with Gasteiger partial charge in [0.25, 0.3) is 0 Å². The van der Waals surface area contributed by atoms with Gasteiger partial charge >= 0.3 is 12.6 Å². The van der Waals surface area contributed by atoms with Gasteiger partial charge in [-0.2, -0.15) is 8.78 Å². The van der Waals surface area contributed by atoms with Crippen LogP contribution in [-0.2, 0) is 11.3 Å². The second-order valence-corrected chi connectivity index (χ2v) is 11.5. The van der Waals surface area contributed by atoms with Gasteiger partial charge in [-0.15, -0.1) is 0 Å². The van der Waals surface area contributed by atoms with Crippen molar-refractivity contribution in [3.63, 3.8) is 0 Å². The number of halogens is 2. The van der Waals surface area contributed by atoms with Crippen molar-refractivity contribution in [2.24, 2.45) is 0 Å². The molecular weight excluding hydrogens is 518 g/mol. The number of alkyl halides is 2. The van der Waals surface area contributed by atoms with E-state index in [2.05, 4.69) is 14.9 Å². The lowest BCUT2D eigenvalue weighted by atomic mass is 9.99. The van der Waals surface area contributed by atoms with E-state index in [1.165, 1.54) is 0 Å². The molecule has 8 nitrogen and oxygen atoms in total. The largest absolute Gasteiger partial charge is 0.477 e. The lowest BCUT2D eigenvalue weighted by Gasteiger charge is -2.39. The van der Waals surface area contributed by atoms with Crippen LogP contribution in [0.3, 0.4) is 0 Å². The summed E-state index contributed by atoms with van der Waals surface area (Å²) in [4.78, 5) is 26.6. The predicted octanol–water partition coefficient (Wildman–Crippen LogP) is 6.24. The number of ether oxygens (including phenoxy) is 2. The third-order valence-electron chi connectivity index (χ3n) is 8.73. The minimum Gasteiger partial charge on any atom is -0.477 e. The number of piperidine rings is 1. The van der Waals surface area contributed by atoms with Crippen molar-refractivity contribution in [3.8, 4) is 16.9 Å². The summed E-state index contributed by atoms with van der Waals surface area (Å²) in [7, 11) is 0. The van der Waals surface area contributed by atoms with Crippen LogP contribution in [0.25, 0.3) is 11.1 Å². The number of carboxylic acid groups (broad SMARTS) is 1. The quantitative estimate of drug-likeness (QED) is 0.308. The molecule has 210 valence electrons. The number of para-hydroxylation sites is 1. The molecule has 2 saturated carbocycles. The average molecular weight is 551 g/mol. The van der Waals surface area contributed by atoms with Crippen molar-refractivity contribution in [2.45, 2.75) is 94.6 Å². The summed E-state index contributed by atoms with van der Waals surface area (Å²) in [5.74, 6) is 0.442. The summed E-state index contributed by atoms with van der Waals surface area (Å²) >= 11 is 0. The molecule has 3 aromatic rings. The molecule has 0 spiro atoms. The van der Waals surface area contributed by atoms with Crippen LogP contribution in [0.1, 0.15) is 90.6 Å². The molecule has 0 radical (unpaired) electrons. The fourth-order valence-corrected chi connectivity index (χ4v) is 6.55. The highest BCUT2D eigenvalue weighted by atomic mass is 19.3. The zero-order chi connectivity index (χ0) is 27.4. The normalized spacial score (nSPS) is 24.1. The Balaban J connectivity index is 1.10. The number of rotatable bonds is 10. The number of H-pyrrole nitrogens is 1. The molecular formula is C30H32F2N4O4. The van der Waals surface area contributed by atoms with Crippen molar-refractivity contribution < 1.29 is 28.2 Å². The topological polar surface area (TPSA) is 101 Å². The molecule has 2 saturated heterocycles. The van der Waals surface area contributed by atoms with E-state index in [0.29, 0.717) is 30.0 Å². The summed E-state index contributed by atoms with van der Waals surface area (Å²) in [6.45, 7) is -2.52. The van der Waals surface area contributed by atoms with Crippen LogP contribution in [0.2, 0.25) is 0 Å². The summed E-state index contributed by atoms with van der Waals surface area (Å²) in [6.07, 6.45) is 9.79. The number of carbonyl (C=O) groups is 1. The van der Waals surface area contributed by atoms with Crippen molar-refractivity contribution >= 4 is 11.9 Å². The summed E-state index contributed by atoms with van der Waals surface area (Å²) in [5.41, 5.74) is 4.49. The number of anilines is 1. The molecule has 2 bridgehead atoms. The monoisotopic (exact) mass is 550 g/mol. The Bertz CT molecular complexity index is 1410. The van der Waals surface area contributed by atoms with Crippen molar-refractivity contribution in [1.82, 2.24) is 15.0 Å². The number of aromatic amines is 1. The highest BCUT2D eigenvalue weighted by Gasteiger charge is 2.43. The zero-order valence-electron chi connectivity index (χ0n) is 22.1. The molecule has 2 aromatic heterocycles. The Labute approximate surface area is 230 Å². The van der Waals surface area contributed by atoms with Crippen molar-refractivity contribution in [1.29, 1.82) is 0 Å². The van der Waals surface area contributed by atoms with Gasteiger partial charge in [0, 0.05) is 52.3 Å². The second kappa shape index (κ2) is 10.1. The number of hydrogen-bond acceptors (Lipinski definition) is 6. The first-order chi connectivity index (χ1) is 19.4. The first-order valence-electron chi connectivity index (χ1n) is 14.2. The zero-order valence-corrected chi connectivity index (χ0v) is 22.1. The van der Waals surface area contributed by atoms with Gasteiger partial charge < -0.3 is 24.5 Å². The Morgan fingerprint density at radius 2 is 1.75 bits per heavy atom. The van der Waals surface area contributed by atoms with Crippen molar-refractivity contribution in [3.05, 3.63) is 59.2 Å². The van der Waals surface area contributed by atoms with Gasteiger partial charge in [0.2, 0.25) is 5.95 Å². The van der Waals surface area contributed by atoms with Crippen molar-refractivity contribution in [2.75, 3.05) is 4.90 Å². The van der Waals surface area contributed by atoms with Gasteiger partial charge in [0.15, 0.2) is 5.69 Å². The maximum absolute atomic E-state index is 13.1. The summed E-state index contributed by atoms with van der Waals surface area (Å²) in [5, 5.41) is 9.64. The molecule has 0 amide bonds. The van der Waals surface area contributed by atoms with Gasteiger partial charge in [-0.1, -0.05) is 18.2 Å². The van der Waals surface area contributed by atoms with E-state index >= 15 is 0 Å². The van der Waals surface area contributed by atoms with Gasteiger partial charge in [-0.25, -0.2) is 14.8 Å². The van der Waals surface area contributed by atoms with Crippen LogP contribution in [0.4, 0.5) is 14.7 Å². The van der Waals surface area contributed by atoms with Gasteiger partial charge in [0.05, 0.1) is 12.7 Å². The number of aromatic carboxylic acids is 1. The minimum atomic E-state index is -2.90. The number of benzene rings is 1. The fraction of sp³-hybridized carbons (Fsp3) is 0.500. The molecule has 7 rings (SSSR count). The van der Waals surface area contributed by atoms with E-state index in [0.717, 1.165) is 73.9 Å².